The normalized spacial score (nSPS) is 15.4. The van der Waals surface area contributed by atoms with Crippen molar-refractivity contribution in [2.75, 3.05) is 5.75 Å². The summed E-state index contributed by atoms with van der Waals surface area (Å²) >= 11 is 0.984. The molecule has 25 heavy (non-hydrogen) atoms. The highest BCUT2D eigenvalue weighted by Gasteiger charge is 2.32. The van der Waals surface area contributed by atoms with Crippen molar-refractivity contribution in [3.05, 3.63) is 0 Å². The maximum absolute atomic E-state index is 12.0. The fourth-order valence-electron chi connectivity index (χ4n) is 2.17. The molecular weight excluding hydrogens is 366 g/mol. The Balaban J connectivity index is 5.22. The lowest BCUT2D eigenvalue weighted by atomic mass is 9.89. The first kappa shape index (κ1) is 24.2. The monoisotopic (exact) mass is 397 g/mol. The molecule has 0 bridgehead atoms. The van der Waals surface area contributed by atoms with Crippen LogP contribution >= 0.6 is 11.8 Å². The van der Waals surface area contributed by atoms with Crippen molar-refractivity contribution in [2.45, 2.75) is 78.2 Å². The zero-order valence-electron chi connectivity index (χ0n) is 16.1. The van der Waals surface area contributed by atoms with Crippen LogP contribution in [-0.4, -0.2) is 46.8 Å². The Kier molecular flexibility index (Phi) is 8.93. The summed E-state index contributed by atoms with van der Waals surface area (Å²) in [5, 5.41) is 1.42. The number of carbonyl (C=O) groups is 2. The molecule has 0 radical (unpaired) electrons. The summed E-state index contributed by atoms with van der Waals surface area (Å²) in [5.41, 5.74) is -1.03. The van der Waals surface area contributed by atoms with E-state index in [4.69, 9.17) is 4.74 Å². The number of ether oxygens (including phenoxy) is 1. The van der Waals surface area contributed by atoms with Crippen LogP contribution in [0.25, 0.3) is 0 Å². The zero-order chi connectivity index (χ0) is 20.1. The highest BCUT2D eigenvalue weighted by molar-refractivity contribution is 8.13. The smallest absolute Gasteiger partial charge is 0.407 e. The van der Waals surface area contributed by atoms with Gasteiger partial charge < -0.3 is 10.1 Å². The third-order valence-electron chi connectivity index (χ3n) is 3.02. The van der Waals surface area contributed by atoms with E-state index in [0.29, 0.717) is 0 Å². The van der Waals surface area contributed by atoms with Crippen molar-refractivity contribution in [2.24, 2.45) is 5.41 Å². The van der Waals surface area contributed by atoms with Crippen LogP contribution in [0.5, 0.6) is 0 Å². The number of alkyl carbamates (subject to hydrolysis) is 1. The third-order valence-corrected chi connectivity index (χ3v) is 5.19. The van der Waals surface area contributed by atoms with Crippen LogP contribution in [0.3, 0.4) is 0 Å². The summed E-state index contributed by atoms with van der Waals surface area (Å²) in [6, 6.07) is -0.627. The number of carbonyl (C=O) groups excluding carboxylic acids is 2. The maximum atomic E-state index is 12.0. The zero-order valence-corrected chi connectivity index (χ0v) is 17.7. The van der Waals surface area contributed by atoms with Crippen molar-refractivity contribution in [3.8, 4) is 0 Å². The van der Waals surface area contributed by atoms with E-state index in [-0.39, 0.29) is 29.1 Å². The van der Waals surface area contributed by atoms with Gasteiger partial charge in [0.05, 0.1) is 5.25 Å². The molecule has 0 aliphatic heterocycles. The van der Waals surface area contributed by atoms with E-state index in [2.05, 4.69) is 5.32 Å². The third kappa shape index (κ3) is 13.1. The van der Waals surface area contributed by atoms with Crippen LogP contribution in [0.2, 0.25) is 0 Å². The van der Waals surface area contributed by atoms with Crippen molar-refractivity contribution >= 4 is 33.1 Å². The van der Waals surface area contributed by atoms with Crippen LogP contribution in [-0.2, 0) is 19.6 Å². The first-order valence-corrected chi connectivity index (χ1v) is 10.6. The largest absolute Gasteiger partial charge is 0.444 e. The topological polar surface area (TPSA) is 110 Å². The predicted molar refractivity (Wildman–Crippen MR) is 100 cm³/mol. The summed E-state index contributed by atoms with van der Waals surface area (Å²) < 4.78 is 38.2. The van der Waals surface area contributed by atoms with Gasteiger partial charge in [0.2, 0.25) is 0 Å². The maximum Gasteiger partial charge on any atom is 0.407 e. The second-order valence-corrected chi connectivity index (χ2v) is 11.2. The fourth-order valence-corrected chi connectivity index (χ4v) is 4.01. The van der Waals surface area contributed by atoms with Gasteiger partial charge >= 0.3 is 6.09 Å². The van der Waals surface area contributed by atoms with Crippen molar-refractivity contribution < 1.29 is 27.3 Å². The molecule has 0 rings (SSSR count). The van der Waals surface area contributed by atoms with Crippen LogP contribution in [0.4, 0.5) is 4.79 Å². The predicted octanol–water partition coefficient (Wildman–Crippen LogP) is 3.24. The quantitative estimate of drug-likeness (QED) is 0.635. The minimum Gasteiger partial charge on any atom is -0.444 e. The molecule has 0 aromatic rings. The number of hydrogen-bond acceptors (Lipinski definition) is 6. The Morgan fingerprint density at radius 1 is 1.16 bits per heavy atom. The highest BCUT2D eigenvalue weighted by atomic mass is 32.2. The summed E-state index contributed by atoms with van der Waals surface area (Å²) in [6.45, 7) is 12.1. The van der Waals surface area contributed by atoms with Gasteiger partial charge in [0.1, 0.15) is 5.60 Å². The molecule has 9 heteroatoms. The van der Waals surface area contributed by atoms with Gasteiger partial charge in [-0.05, 0) is 39.0 Å². The summed E-state index contributed by atoms with van der Waals surface area (Å²) in [6.07, 6.45) is -0.467. The Bertz CT molecular complexity index is 560. The summed E-state index contributed by atoms with van der Waals surface area (Å²) in [7, 11) is -4.29. The van der Waals surface area contributed by atoms with Gasteiger partial charge in [-0.15, -0.1) is 0 Å². The van der Waals surface area contributed by atoms with Crippen molar-refractivity contribution in [1.29, 1.82) is 0 Å². The van der Waals surface area contributed by atoms with E-state index in [0.717, 1.165) is 11.8 Å². The van der Waals surface area contributed by atoms with E-state index in [1.807, 2.05) is 20.8 Å². The molecule has 148 valence electrons. The van der Waals surface area contributed by atoms with E-state index in [1.54, 1.807) is 20.8 Å². The van der Waals surface area contributed by atoms with Crippen molar-refractivity contribution in [1.82, 2.24) is 5.32 Å². The fraction of sp³-hybridized carbons (Fsp3) is 0.875. The molecule has 0 saturated carbocycles. The average molecular weight is 398 g/mol. The van der Waals surface area contributed by atoms with Gasteiger partial charge in [0.15, 0.2) is 5.12 Å². The highest BCUT2D eigenvalue weighted by Crippen LogP contribution is 2.27. The molecule has 2 unspecified atom stereocenters. The number of rotatable bonds is 7. The SMILES string of the molecule is CC(=O)SCC(CC(CC(C)(C)C)S(=O)(=O)O)NC(=O)OC(C)(C)C. The molecule has 0 fully saturated rings. The van der Waals surface area contributed by atoms with Gasteiger partial charge in [0, 0.05) is 18.7 Å². The molecular formula is C16H31NO6S2. The average Bonchev–Trinajstić information content (AvgIpc) is 2.29. The number of nitrogens with one attached hydrogen (secondary N) is 1. The molecule has 0 spiro atoms. The summed E-state index contributed by atoms with van der Waals surface area (Å²) in [5.74, 6) is 0.199. The first-order chi connectivity index (χ1) is 11.0. The van der Waals surface area contributed by atoms with Gasteiger partial charge in [-0.1, -0.05) is 32.5 Å². The molecule has 0 saturated heterocycles. The molecule has 0 aliphatic carbocycles. The van der Waals surface area contributed by atoms with Crippen LogP contribution in [0.1, 0.15) is 61.3 Å². The lowest BCUT2D eigenvalue weighted by Gasteiger charge is -2.28. The van der Waals surface area contributed by atoms with Crippen LogP contribution in [0, 0.1) is 5.41 Å². The molecule has 0 aromatic heterocycles. The molecule has 7 nitrogen and oxygen atoms in total. The summed E-state index contributed by atoms with van der Waals surface area (Å²) in [4.78, 5) is 23.2. The van der Waals surface area contributed by atoms with Gasteiger partial charge in [-0.2, -0.15) is 8.42 Å². The van der Waals surface area contributed by atoms with Gasteiger partial charge in [-0.25, -0.2) is 4.79 Å². The van der Waals surface area contributed by atoms with Crippen LogP contribution < -0.4 is 5.32 Å². The number of amides is 1. The molecule has 0 aromatic carbocycles. The minimum absolute atomic E-state index is 0.00434. The Morgan fingerprint density at radius 3 is 2.04 bits per heavy atom. The minimum atomic E-state index is -4.29. The second-order valence-electron chi connectivity index (χ2n) is 8.28. The molecule has 2 N–H and O–H groups in total. The molecule has 2 atom stereocenters. The number of hydrogen-bond donors (Lipinski definition) is 2. The Morgan fingerprint density at radius 2 is 1.68 bits per heavy atom. The van der Waals surface area contributed by atoms with E-state index in [9.17, 15) is 22.6 Å². The van der Waals surface area contributed by atoms with Gasteiger partial charge in [-0.3, -0.25) is 9.35 Å². The molecule has 0 heterocycles. The molecule has 0 aliphatic rings. The van der Waals surface area contributed by atoms with Gasteiger partial charge in [0.25, 0.3) is 10.1 Å². The lowest BCUT2D eigenvalue weighted by molar-refractivity contribution is -0.109. The van der Waals surface area contributed by atoms with E-state index < -0.39 is 33.1 Å². The van der Waals surface area contributed by atoms with Crippen LogP contribution in [0.15, 0.2) is 0 Å². The standard InChI is InChI=1S/C16H31NO6S2/c1-11(18)24-10-12(17-14(19)23-16(5,6)7)8-13(25(20,21)22)9-15(2,3)4/h12-13H,8-10H2,1-7H3,(H,17,19)(H,20,21,22). The van der Waals surface area contributed by atoms with E-state index >= 15 is 0 Å². The number of thioether (sulfide) groups is 1. The Hall–Kier alpha value is -0.800. The molecule has 1 amide bonds. The van der Waals surface area contributed by atoms with E-state index in [1.165, 1.54) is 6.92 Å². The first-order valence-electron chi connectivity index (χ1n) is 8.09. The second kappa shape index (κ2) is 9.23. The Labute approximate surface area is 155 Å². The van der Waals surface area contributed by atoms with Crippen molar-refractivity contribution in [3.63, 3.8) is 0 Å². The lowest BCUT2D eigenvalue weighted by Crippen LogP contribution is -2.44.